The number of aromatic nitrogens is 1. The van der Waals surface area contributed by atoms with E-state index in [4.69, 9.17) is 4.74 Å². The van der Waals surface area contributed by atoms with E-state index in [9.17, 15) is 9.18 Å². The minimum absolute atomic E-state index is 0.260. The zero-order valence-corrected chi connectivity index (χ0v) is 14.5. The summed E-state index contributed by atoms with van der Waals surface area (Å²) in [7, 11) is 0. The van der Waals surface area contributed by atoms with Gasteiger partial charge in [-0.2, -0.15) is 0 Å². The van der Waals surface area contributed by atoms with E-state index >= 15 is 0 Å². The van der Waals surface area contributed by atoms with Crippen molar-refractivity contribution >= 4 is 17.0 Å². The molecule has 0 unspecified atom stereocenters. The van der Waals surface area contributed by atoms with Gasteiger partial charge in [-0.3, -0.25) is 0 Å². The highest BCUT2D eigenvalue weighted by molar-refractivity contribution is 5.87. The van der Waals surface area contributed by atoms with Crippen molar-refractivity contribution < 1.29 is 13.9 Å². The Kier molecular flexibility index (Phi) is 4.49. The maximum absolute atomic E-state index is 13.9. The smallest absolute Gasteiger partial charge is 0.407 e. The van der Waals surface area contributed by atoms with Crippen molar-refractivity contribution in [3.05, 3.63) is 59.9 Å². The fourth-order valence-electron chi connectivity index (χ4n) is 2.68. The van der Waals surface area contributed by atoms with Gasteiger partial charge in [0.05, 0.1) is 0 Å². The average Bonchev–Trinajstić information content (AvgIpc) is 2.97. The fourth-order valence-corrected chi connectivity index (χ4v) is 2.68. The van der Waals surface area contributed by atoms with E-state index in [1.54, 1.807) is 12.1 Å². The number of halogens is 1. The Labute approximate surface area is 146 Å². The van der Waals surface area contributed by atoms with Crippen molar-refractivity contribution in [2.45, 2.75) is 32.9 Å². The third-order valence-corrected chi connectivity index (χ3v) is 3.74. The molecule has 0 aliphatic heterocycles. The summed E-state index contributed by atoms with van der Waals surface area (Å²) < 4.78 is 19.2. The number of H-pyrrole nitrogens is 1. The molecule has 1 amide bonds. The van der Waals surface area contributed by atoms with Crippen LogP contribution in [0.1, 0.15) is 26.3 Å². The number of carbonyl (C=O) groups excluding carboxylic acids is 1. The molecule has 130 valence electrons. The number of aromatic amines is 1. The lowest BCUT2D eigenvalue weighted by molar-refractivity contribution is 0.0523. The molecule has 1 heterocycles. The van der Waals surface area contributed by atoms with Crippen LogP contribution in [0.4, 0.5) is 9.18 Å². The van der Waals surface area contributed by atoms with Gasteiger partial charge in [-0.25, -0.2) is 9.18 Å². The molecular weight excluding hydrogens is 319 g/mol. The standard InChI is InChI=1S/C20H21FN2O2/c1-20(2,3)25-19(24)22-12-13-7-4-5-8-14(13)18-11-15-16(21)9-6-10-17(15)23-18/h4-11,23H,12H2,1-3H3,(H,22,24). The molecule has 2 N–H and O–H groups in total. The van der Waals surface area contributed by atoms with Crippen LogP contribution in [-0.2, 0) is 11.3 Å². The molecule has 0 fully saturated rings. The number of hydrogen-bond donors (Lipinski definition) is 2. The van der Waals surface area contributed by atoms with Gasteiger partial charge >= 0.3 is 6.09 Å². The lowest BCUT2D eigenvalue weighted by Crippen LogP contribution is -2.32. The number of hydrogen-bond acceptors (Lipinski definition) is 2. The largest absolute Gasteiger partial charge is 0.444 e. The highest BCUT2D eigenvalue weighted by Gasteiger charge is 2.16. The molecule has 25 heavy (non-hydrogen) atoms. The third kappa shape index (κ3) is 3.99. The van der Waals surface area contributed by atoms with Crippen LogP contribution in [0.3, 0.4) is 0 Å². The van der Waals surface area contributed by atoms with Crippen molar-refractivity contribution in [2.75, 3.05) is 0 Å². The van der Waals surface area contributed by atoms with E-state index in [2.05, 4.69) is 10.3 Å². The van der Waals surface area contributed by atoms with Gasteiger partial charge in [0, 0.05) is 28.7 Å². The summed E-state index contributed by atoms with van der Waals surface area (Å²) >= 11 is 0. The predicted octanol–water partition coefficient (Wildman–Crippen LogP) is 5.00. The number of carbonyl (C=O) groups is 1. The number of rotatable bonds is 3. The topological polar surface area (TPSA) is 54.1 Å². The normalized spacial score (nSPS) is 11.5. The molecule has 0 atom stereocenters. The second kappa shape index (κ2) is 6.59. The average molecular weight is 340 g/mol. The molecule has 5 heteroatoms. The molecule has 0 aliphatic carbocycles. The number of fused-ring (bicyclic) bond motifs is 1. The molecular formula is C20H21FN2O2. The Morgan fingerprint density at radius 1 is 1.16 bits per heavy atom. The lowest BCUT2D eigenvalue weighted by atomic mass is 10.0. The van der Waals surface area contributed by atoms with Crippen molar-refractivity contribution in [2.24, 2.45) is 0 Å². The van der Waals surface area contributed by atoms with E-state index in [-0.39, 0.29) is 5.82 Å². The van der Waals surface area contributed by atoms with Crippen LogP contribution >= 0.6 is 0 Å². The summed E-state index contributed by atoms with van der Waals surface area (Å²) in [6.45, 7) is 5.78. The van der Waals surface area contributed by atoms with E-state index in [1.165, 1.54) is 6.07 Å². The van der Waals surface area contributed by atoms with Crippen molar-refractivity contribution in [3.8, 4) is 11.3 Å². The summed E-state index contributed by atoms with van der Waals surface area (Å²) in [5, 5.41) is 3.31. The highest BCUT2D eigenvalue weighted by atomic mass is 19.1. The van der Waals surface area contributed by atoms with E-state index in [0.29, 0.717) is 11.9 Å². The number of benzene rings is 2. The second-order valence-corrected chi connectivity index (χ2v) is 6.90. The lowest BCUT2D eigenvalue weighted by Gasteiger charge is -2.20. The van der Waals surface area contributed by atoms with Gasteiger partial charge in [-0.1, -0.05) is 30.3 Å². The van der Waals surface area contributed by atoms with Crippen LogP contribution in [0.15, 0.2) is 48.5 Å². The Bertz CT molecular complexity index is 909. The number of ether oxygens (including phenoxy) is 1. The zero-order valence-electron chi connectivity index (χ0n) is 14.5. The number of alkyl carbamates (subject to hydrolysis) is 1. The Morgan fingerprint density at radius 3 is 2.64 bits per heavy atom. The molecule has 0 saturated heterocycles. The van der Waals surface area contributed by atoms with Gasteiger partial charge in [-0.05, 0) is 44.5 Å². The van der Waals surface area contributed by atoms with Crippen molar-refractivity contribution in [1.29, 1.82) is 0 Å². The number of amides is 1. The first-order valence-electron chi connectivity index (χ1n) is 8.16. The van der Waals surface area contributed by atoms with Crippen LogP contribution in [0, 0.1) is 5.82 Å². The van der Waals surface area contributed by atoms with Gasteiger partial charge < -0.3 is 15.0 Å². The van der Waals surface area contributed by atoms with Crippen molar-refractivity contribution in [3.63, 3.8) is 0 Å². The van der Waals surface area contributed by atoms with Crippen LogP contribution in [0.25, 0.3) is 22.2 Å². The highest BCUT2D eigenvalue weighted by Crippen LogP contribution is 2.28. The summed E-state index contributed by atoms with van der Waals surface area (Å²) in [4.78, 5) is 15.1. The first-order valence-corrected chi connectivity index (χ1v) is 8.16. The second-order valence-electron chi connectivity index (χ2n) is 6.90. The van der Waals surface area contributed by atoms with Gasteiger partial charge in [0.15, 0.2) is 0 Å². The van der Waals surface area contributed by atoms with E-state index in [0.717, 1.165) is 22.3 Å². The monoisotopic (exact) mass is 340 g/mol. The molecule has 4 nitrogen and oxygen atoms in total. The van der Waals surface area contributed by atoms with Crippen LogP contribution < -0.4 is 5.32 Å². The summed E-state index contributed by atoms with van der Waals surface area (Å²) in [6, 6.07) is 14.4. The zero-order chi connectivity index (χ0) is 18.0. The van der Waals surface area contributed by atoms with Gasteiger partial charge in [0.1, 0.15) is 11.4 Å². The molecule has 0 spiro atoms. The van der Waals surface area contributed by atoms with Gasteiger partial charge in [0.25, 0.3) is 0 Å². The Hall–Kier alpha value is -2.82. The third-order valence-electron chi connectivity index (χ3n) is 3.74. The summed E-state index contributed by atoms with van der Waals surface area (Å²) in [6.07, 6.45) is -0.468. The molecule has 0 radical (unpaired) electrons. The first-order chi connectivity index (χ1) is 11.8. The molecule has 1 aromatic heterocycles. The predicted molar refractivity (Wildman–Crippen MR) is 96.8 cm³/mol. The quantitative estimate of drug-likeness (QED) is 0.705. The van der Waals surface area contributed by atoms with Gasteiger partial charge in [-0.15, -0.1) is 0 Å². The molecule has 0 bridgehead atoms. The molecule has 2 aromatic carbocycles. The minimum atomic E-state index is -0.543. The molecule has 3 aromatic rings. The van der Waals surface area contributed by atoms with Gasteiger partial charge in [0.2, 0.25) is 0 Å². The summed E-state index contributed by atoms with van der Waals surface area (Å²) in [5.41, 5.74) is 2.83. The molecule has 0 aliphatic rings. The maximum Gasteiger partial charge on any atom is 0.407 e. The van der Waals surface area contributed by atoms with Crippen LogP contribution in [0.2, 0.25) is 0 Å². The molecule has 0 saturated carbocycles. The van der Waals surface area contributed by atoms with Crippen molar-refractivity contribution in [1.82, 2.24) is 10.3 Å². The molecule has 3 rings (SSSR count). The summed E-state index contributed by atoms with van der Waals surface area (Å²) in [5.74, 6) is -0.260. The first kappa shape index (κ1) is 17.0. The van der Waals surface area contributed by atoms with Crippen LogP contribution in [-0.4, -0.2) is 16.7 Å². The Balaban J connectivity index is 1.85. The SMILES string of the molecule is CC(C)(C)OC(=O)NCc1ccccc1-c1cc2c(F)cccc2[nH]1. The van der Waals surface area contributed by atoms with E-state index in [1.807, 2.05) is 51.1 Å². The Morgan fingerprint density at radius 2 is 1.92 bits per heavy atom. The minimum Gasteiger partial charge on any atom is -0.444 e. The maximum atomic E-state index is 13.9. The van der Waals surface area contributed by atoms with E-state index < -0.39 is 11.7 Å². The fraction of sp³-hybridized carbons (Fsp3) is 0.250. The number of nitrogens with one attached hydrogen (secondary N) is 2. The van der Waals surface area contributed by atoms with Crippen LogP contribution in [0.5, 0.6) is 0 Å².